The molecule has 0 spiro atoms. The highest BCUT2D eigenvalue weighted by molar-refractivity contribution is 5.90. The van der Waals surface area contributed by atoms with E-state index in [0.29, 0.717) is 11.1 Å². The number of carbonyl (C=O) groups excluding carboxylic acids is 2. The van der Waals surface area contributed by atoms with Gasteiger partial charge < -0.3 is 10.5 Å². The Bertz CT molecular complexity index is 316. The van der Waals surface area contributed by atoms with Gasteiger partial charge in [0, 0.05) is 11.1 Å². The highest BCUT2D eigenvalue weighted by Crippen LogP contribution is 2.20. The van der Waals surface area contributed by atoms with Crippen LogP contribution in [0.5, 0.6) is 0 Å². The molecule has 4 nitrogen and oxygen atoms in total. The minimum Gasteiger partial charge on any atom is -0.459 e. The van der Waals surface area contributed by atoms with Crippen LogP contribution in [0.4, 0.5) is 0 Å². The zero-order valence-electron chi connectivity index (χ0n) is 11.3. The Morgan fingerprint density at radius 1 is 1.06 bits per heavy atom. The van der Waals surface area contributed by atoms with E-state index in [9.17, 15) is 9.59 Å². The van der Waals surface area contributed by atoms with Crippen LogP contribution < -0.4 is 5.73 Å². The third kappa shape index (κ3) is 7.65. The first kappa shape index (κ1) is 16.4. The molecule has 1 saturated carbocycles. The maximum atomic E-state index is 11.1. The van der Waals surface area contributed by atoms with Crippen LogP contribution in [-0.2, 0) is 14.3 Å². The van der Waals surface area contributed by atoms with Crippen molar-refractivity contribution in [3.05, 3.63) is 24.3 Å². The van der Waals surface area contributed by atoms with Crippen LogP contribution in [0, 0.1) is 0 Å². The zero-order valence-corrected chi connectivity index (χ0v) is 11.3. The van der Waals surface area contributed by atoms with Gasteiger partial charge in [-0.1, -0.05) is 19.6 Å². The number of esters is 1. The molecule has 0 radical (unpaired) electrons. The minimum atomic E-state index is -0.435. The van der Waals surface area contributed by atoms with E-state index in [4.69, 9.17) is 10.5 Å². The van der Waals surface area contributed by atoms with Crippen molar-refractivity contribution in [2.24, 2.45) is 5.73 Å². The summed E-state index contributed by atoms with van der Waals surface area (Å²) in [5.74, 6) is -0.670. The van der Waals surface area contributed by atoms with Crippen molar-refractivity contribution in [1.29, 1.82) is 0 Å². The van der Waals surface area contributed by atoms with E-state index in [2.05, 4.69) is 13.2 Å². The predicted molar refractivity (Wildman–Crippen MR) is 71.8 cm³/mol. The number of ether oxygens (including phenoxy) is 1. The Labute approximate surface area is 109 Å². The summed E-state index contributed by atoms with van der Waals surface area (Å²) in [4.78, 5) is 20.9. The molecule has 0 aromatic rings. The standard InChI is InChI=1S/C10H16O2.C4H7NO/c1-8(2)10(11)12-9-6-4-3-5-7-9;1-3(2)4(5)6/h9H,1,3-7H2,2H3;1H2,2H3,(H2,5,6). The average molecular weight is 253 g/mol. The molecule has 1 aliphatic carbocycles. The number of rotatable bonds is 3. The maximum absolute atomic E-state index is 11.1. The smallest absolute Gasteiger partial charge is 0.333 e. The van der Waals surface area contributed by atoms with Crippen LogP contribution in [0.2, 0.25) is 0 Å². The van der Waals surface area contributed by atoms with Crippen LogP contribution in [0.3, 0.4) is 0 Å². The van der Waals surface area contributed by atoms with Crippen molar-refractivity contribution in [3.63, 3.8) is 0 Å². The Kier molecular flexibility index (Phi) is 7.76. The molecule has 0 aromatic carbocycles. The van der Waals surface area contributed by atoms with E-state index < -0.39 is 5.91 Å². The van der Waals surface area contributed by atoms with Crippen molar-refractivity contribution in [2.75, 3.05) is 0 Å². The molecule has 1 amide bonds. The van der Waals surface area contributed by atoms with E-state index in [1.54, 1.807) is 13.8 Å². The number of carbonyl (C=O) groups is 2. The fourth-order valence-corrected chi connectivity index (χ4v) is 1.43. The Morgan fingerprint density at radius 3 is 1.83 bits per heavy atom. The minimum absolute atomic E-state index is 0.156. The highest BCUT2D eigenvalue weighted by atomic mass is 16.5. The summed E-state index contributed by atoms with van der Waals surface area (Å²) in [5, 5.41) is 0. The van der Waals surface area contributed by atoms with Crippen LogP contribution in [0.25, 0.3) is 0 Å². The molecule has 2 N–H and O–H groups in total. The van der Waals surface area contributed by atoms with Crippen LogP contribution in [-0.4, -0.2) is 18.0 Å². The molecule has 0 unspecified atom stereocenters. The van der Waals surface area contributed by atoms with Crippen molar-refractivity contribution in [2.45, 2.75) is 52.1 Å². The van der Waals surface area contributed by atoms with Gasteiger partial charge >= 0.3 is 5.97 Å². The lowest BCUT2D eigenvalue weighted by Crippen LogP contribution is -2.20. The number of hydrogen-bond acceptors (Lipinski definition) is 3. The summed E-state index contributed by atoms with van der Waals surface area (Å²) in [6.07, 6.45) is 5.87. The maximum Gasteiger partial charge on any atom is 0.333 e. The van der Waals surface area contributed by atoms with Crippen molar-refractivity contribution < 1.29 is 14.3 Å². The lowest BCUT2D eigenvalue weighted by Gasteiger charge is -2.21. The second kappa shape index (κ2) is 8.50. The molecule has 0 aliphatic heterocycles. The van der Waals surface area contributed by atoms with Gasteiger partial charge in [0.2, 0.25) is 5.91 Å². The summed E-state index contributed by atoms with van der Waals surface area (Å²) >= 11 is 0. The first-order chi connectivity index (χ1) is 8.34. The lowest BCUT2D eigenvalue weighted by atomic mass is 9.98. The van der Waals surface area contributed by atoms with Crippen LogP contribution in [0.15, 0.2) is 24.3 Å². The van der Waals surface area contributed by atoms with Crippen LogP contribution >= 0.6 is 0 Å². The zero-order chi connectivity index (χ0) is 14.1. The molecular formula is C14H23NO3. The quantitative estimate of drug-likeness (QED) is 0.620. The first-order valence-corrected chi connectivity index (χ1v) is 6.16. The van der Waals surface area contributed by atoms with E-state index in [1.807, 2.05) is 0 Å². The molecule has 1 rings (SSSR count). The molecule has 0 saturated heterocycles. The fraction of sp³-hybridized carbons (Fsp3) is 0.571. The molecule has 0 aromatic heterocycles. The van der Waals surface area contributed by atoms with Gasteiger partial charge in [-0.3, -0.25) is 4.79 Å². The molecule has 18 heavy (non-hydrogen) atoms. The van der Waals surface area contributed by atoms with Crippen molar-refractivity contribution >= 4 is 11.9 Å². The molecule has 102 valence electrons. The SMILES string of the molecule is C=C(C)C(=O)OC1CCCCC1.C=C(C)C(N)=O. The average Bonchev–Trinajstić information content (AvgIpc) is 2.30. The number of primary amides is 1. The molecular weight excluding hydrogens is 230 g/mol. The molecule has 1 fully saturated rings. The summed E-state index contributed by atoms with van der Waals surface area (Å²) in [7, 11) is 0. The monoisotopic (exact) mass is 253 g/mol. The van der Waals surface area contributed by atoms with Gasteiger partial charge in [0.25, 0.3) is 0 Å². The Balaban J connectivity index is 0.000000411. The molecule has 1 aliphatic rings. The molecule has 4 heteroatoms. The highest BCUT2D eigenvalue weighted by Gasteiger charge is 2.17. The van der Waals surface area contributed by atoms with Gasteiger partial charge in [-0.05, 0) is 39.5 Å². The van der Waals surface area contributed by atoms with E-state index >= 15 is 0 Å². The number of amides is 1. The second-order valence-electron chi connectivity index (χ2n) is 4.59. The van der Waals surface area contributed by atoms with Crippen LogP contribution in [0.1, 0.15) is 46.0 Å². The fourth-order valence-electron chi connectivity index (χ4n) is 1.43. The lowest BCUT2D eigenvalue weighted by molar-refractivity contribution is -0.145. The van der Waals surface area contributed by atoms with E-state index in [1.165, 1.54) is 19.3 Å². The number of hydrogen-bond donors (Lipinski definition) is 1. The largest absolute Gasteiger partial charge is 0.459 e. The van der Waals surface area contributed by atoms with Crippen molar-refractivity contribution in [1.82, 2.24) is 0 Å². The molecule has 0 bridgehead atoms. The van der Waals surface area contributed by atoms with E-state index in [-0.39, 0.29) is 12.1 Å². The predicted octanol–water partition coefficient (Wildman–Crippen LogP) is 2.49. The Morgan fingerprint density at radius 2 is 1.50 bits per heavy atom. The summed E-state index contributed by atoms with van der Waals surface area (Å²) in [6.45, 7) is 10.1. The van der Waals surface area contributed by atoms with Crippen molar-refractivity contribution in [3.8, 4) is 0 Å². The first-order valence-electron chi connectivity index (χ1n) is 6.16. The number of nitrogens with two attached hydrogens (primary N) is 1. The van der Waals surface area contributed by atoms with Gasteiger partial charge in [-0.2, -0.15) is 0 Å². The van der Waals surface area contributed by atoms with Gasteiger partial charge in [0.1, 0.15) is 6.10 Å². The van der Waals surface area contributed by atoms with Gasteiger partial charge in [0.15, 0.2) is 0 Å². The second-order valence-corrected chi connectivity index (χ2v) is 4.59. The van der Waals surface area contributed by atoms with E-state index in [0.717, 1.165) is 12.8 Å². The summed E-state index contributed by atoms with van der Waals surface area (Å²) in [6, 6.07) is 0. The van der Waals surface area contributed by atoms with Gasteiger partial charge in [-0.15, -0.1) is 0 Å². The normalized spacial score (nSPS) is 15.0. The topological polar surface area (TPSA) is 69.4 Å². The third-order valence-electron chi connectivity index (χ3n) is 2.59. The summed E-state index contributed by atoms with van der Waals surface area (Å²) < 4.78 is 5.21. The third-order valence-corrected chi connectivity index (χ3v) is 2.59. The Hall–Kier alpha value is -1.58. The van der Waals surface area contributed by atoms with Gasteiger partial charge in [0.05, 0.1) is 0 Å². The summed E-state index contributed by atoms with van der Waals surface area (Å²) in [5.41, 5.74) is 5.60. The molecule has 0 heterocycles. The molecule has 0 atom stereocenters. The van der Waals surface area contributed by atoms with Gasteiger partial charge in [-0.25, -0.2) is 4.79 Å².